The fourth-order valence-electron chi connectivity index (χ4n) is 3.53. The quantitative estimate of drug-likeness (QED) is 0.831. The van der Waals surface area contributed by atoms with E-state index >= 15 is 0 Å². The van der Waals surface area contributed by atoms with Crippen molar-refractivity contribution in [2.24, 2.45) is 11.1 Å². The molecule has 2 N–H and O–H groups in total. The van der Waals surface area contributed by atoms with E-state index < -0.39 is 6.04 Å². The zero-order valence-electron chi connectivity index (χ0n) is 12.5. The van der Waals surface area contributed by atoms with Crippen molar-refractivity contribution in [3.8, 4) is 11.8 Å². The fourth-order valence-corrected chi connectivity index (χ4v) is 3.53. The maximum absolute atomic E-state index is 11.2. The summed E-state index contributed by atoms with van der Waals surface area (Å²) in [6, 6.07) is 12.7. The molecule has 116 valence electrons. The highest BCUT2D eigenvalue weighted by molar-refractivity contribution is 5.28. The van der Waals surface area contributed by atoms with Gasteiger partial charge >= 0.3 is 0 Å². The molecule has 1 heterocycles. The third-order valence-electron chi connectivity index (χ3n) is 4.88. The molecule has 22 heavy (non-hydrogen) atoms. The Morgan fingerprint density at radius 3 is 2.32 bits per heavy atom. The zero-order chi connectivity index (χ0) is 15.7. The lowest BCUT2D eigenvalue weighted by Crippen LogP contribution is -2.44. The van der Waals surface area contributed by atoms with Gasteiger partial charge in [-0.15, -0.1) is 0 Å². The second-order valence-corrected chi connectivity index (χ2v) is 6.43. The summed E-state index contributed by atoms with van der Waals surface area (Å²) in [6.45, 7) is 2.41. The number of rotatable bonds is 5. The van der Waals surface area contributed by atoms with Crippen LogP contribution in [0.15, 0.2) is 47.6 Å². The number of nitrogens with zero attached hydrogens (tertiary/aromatic N) is 2. The van der Waals surface area contributed by atoms with Gasteiger partial charge in [-0.05, 0) is 29.7 Å². The summed E-state index contributed by atoms with van der Waals surface area (Å²) in [5.41, 5.74) is 1.36. The third kappa shape index (κ3) is 2.47. The van der Waals surface area contributed by atoms with E-state index in [1.54, 1.807) is 0 Å². The van der Waals surface area contributed by atoms with Crippen LogP contribution in [0.3, 0.4) is 0 Å². The van der Waals surface area contributed by atoms with Crippen molar-refractivity contribution in [2.45, 2.75) is 37.8 Å². The van der Waals surface area contributed by atoms with Gasteiger partial charge in [0.05, 0.1) is 6.54 Å². The molecule has 1 aromatic carbocycles. The van der Waals surface area contributed by atoms with Gasteiger partial charge in [-0.3, -0.25) is 4.57 Å². The minimum atomic E-state index is -0.444. The molecular formula is C17H20N2O3. The average Bonchev–Trinajstić information content (AvgIpc) is 2.82. The maximum Gasteiger partial charge on any atom is 0.193 e. The van der Waals surface area contributed by atoms with Gasteiger partial charge in [0.25, 0.3) is 0 Å². The van der Waals surface area contributed by atoms with Gasteiger partial charge in [0.2, 0.25) is 0 Å². The average molecular weight is 300 g/mol. The van der Waals surface area contributed by atoms with Crippen LogP contribution in [0.5, 0.6) is 11.8 Å². The van der Waals surface area contributed by atoms with Crippen LogP contribution >= 0.6 is 0 Å². The molecule has 1 aromatic heterocycles. The monoisotopic (exact) mass is 300 g/mol. The van der Waals surface area contributed by atoms with Crippen LogP contribution in [-0.4, -0.2) is 20.8 Å². The molecule has 0 radical (unpaired) electrons. The second-order valence-electron chi connectivity index (χ2n) is 6.43. The van der Waals surface area contributed by atoms with Crippen molar-refractivity contribution in [2.75, 3.05) is 0 Å². The molecule has 0 amide bonds. The van der Waals surface area contributed by atoms with E-state index in [1.807, 2.05) is 18.2 Å². The van der Waals surface area contributed by atoms with Crippen LogP contribution in [0, 0.1) is 10.8 Å². The highest BCUT2D eigenvalue weighted by Gasteiger charge is 2.45. The molecule has 5 heteroatoms. The van der Waals surface area contributed by atoms with Crippen molar-refractivity contribution in [1.82, 2.24) is 4.57 Å². The molecular weight excluding hydrogens is 280 g/mol. The molecule has 3 rings (SSSR count). The van der Waals surface area contributed by atoms with Crippen molar-refractivity contribution < 1.29 is 10.2 Å². The first-order chi connectivity index (χ1) is 10.5. The van der Waals surface area contributed by atoms with Crippen LogP contribution in [0.4, 0.5) is 0 Å². The molecule has 0 saturated heterocycles. The lowest BCUT2D eigenvalue weighted by Gasteiger charge is -2.47. The Hall–Kier alpha value is -2.30. The lowest BCUT2D eigenvalue weighted by molar-refractivity contribution is 0.123. The van der Waals surface area contributed by atoms with Crippen molar-refractivity contribution in [1.29, 1.82) is 0 Å². The largest absolute Gasteiger partial charge is 0.494 e. The Labute approximate surface area is 129 Å². The number of hydrogen-bond acceptors (Lipinski definition) is 4. The molecule has 0 spiro atoms. The molecule has 1 aliphatic carbocycles. The molecule has 2 aromatic rings. The van der Waals surface area contributed by atoms with Crippen molar-refractivity contribution >= 4 is 0 Å². The smallest absolute Gasteiger partial charge is 0.193 e. The van der Waals surface area contributed by atoms with E-state index in [0.29, 0.717) is 0 Å². The van der Waals surface area contributed by atoms with Gasteiger partial charge in [0, 0.05) is 12.1 Å². The topological polar surface area (TPSA) is 74.8 Å². The Morgan fingerprint density at radius 2 is 1.77 bits per heavy atom. The molecule has 1 atom stereocenters. The molecule has 0 aliphatic heterocycles. The van der Waals surface area contributed by atoms with Crippen molar-refractivity contribution in [3.63, 3.8) is 0 Å². The Morgan fingerprint density at radius 1 is 1.18 bits per heavy atom. The van der Waals surface area contributed by atoms with Gasteiger partial charge in [-0.2, -0.15) is 4.91 Å². The fraction of sp³-hybridized carbons (Fsp3) is 0.412. The van der Waals surface area contributed by atoms with Crippen LogP contribution in [-0.2, 0) is 12.0 Å². The first-order valence-corrected chi connectivity index (χ1v) is 7.49. The van der Waals surface area contributed by atoms with Gasteiger partial charge in [0.15, 0.2) is 11.8 Å². The highest BCUT2D eigenvalue weighted by Crippen LogP contribution is 2.49. The Bertz CT molecular complexity index is 640. The van der Waals surface area contributed by atoms with E-state index in [0.717, 1.165) is 12.8 Å². The highest BCUT2D eigenvalue weighted by atomic mass is 16.3. The predicted molar refractivity (Wildman–Crippen MR) is 83.9 cm³/mol. The van der Waals surface area contributed by atoms with Gasteiger partial charge in [-0.25, -0.2) is 0 Å². The summed E-state index contributed by atoms with van der Waals surface area (Å²) in [5, 5.41) is 22.6. The number of benzene rings is 1. The van der Waals surface area contributed by atoms with Crippen LogP contribution < -0.4 is 0 Å². The third-order valence-corrected chi connectivity index (χ3v) is 4.88. The van der Waals surface area contributed by atoms with Crippen LogP contribution in [0.1, 0.15) is 25.3 Å². The normalized spacial score (nSPS) is 25.4. The molecule has 1 aliphatic rings. The Kier molecular flexibility index (Phi) is 3.64. The molecule has 1 fully saturated rings. The SMILES string of the molecule is CC1(c2ccccc2)CC(C(Cn2c(O)ccc2O)N=O)C1. The van der Waals surface area contributed by atoms with Crippen LogP contribution in [0.2, 0.25) is 0 Å². The van der Waals surface area contributed by atoms with E-state index in [9.17, 15) is 15.1 Å². The van der Waals surface area contributed by atoms with E-state index in [-0.39, 0.29) is 29.6 Å². The summed E-state index contributed by atoms with van der Waals surface area (Å²) in [5.74, 6) is 0.0801. The van der Waals surface area contributed by atoms with E-state index in [2.05, 4.69) is 24.2 Å². The van der Waals surface area contributed by atoms with E-state index in [4.69, 9.17) is 0 Å². The first kappa shape index (κ1) is 14.6. The second kappa shape index (κ2) is 5.48. The predicted octanol–water partition coefficient (Wildman–Crippen LogP) is 3.40. The summed E-state index contributed by atoms with van der Waals surface area (Å²) in [4.78, 5) is 11.2. The molecule has 5 nitrogen and oxygen atoms in total. The molecule has 1 unspecified atom stereocenters. The van der Waals surface area contributed by atoms with Crippen molar-refractivity contribution in [3.05, 3.63) is 52.9 Å². The summed E-state index contributed by atoms with van der Waals surface area (Å²) < 4.78 is 1.32. The number of nitroso groups, excluding NO2 is 1. The summed E-state index contributed by atoms with van der Waals surface area (Å²) >= 11 is 0. The number of hydrogen-bond donors (Lipinski definition) is 2. The number of aromatic hydroxyl groups is 2. The van der Waals surface area contributed by atoms with Gasteiger partial charge in [0.1, 0.15) is 6.04 Å². The molecule has 1 saturated carbocycles. The number of aromatic nitrogens is 1. The minimum Gasteiger partial charge on any atom is -0.494 e. The zero-order valence-corrected chi connectivity index (χ0v) is 12.5. The van der Waals surface area contributed by atoms with Gasteiger partial charge < -0.3 is 10.2 Å². The standard InChI is InChI=1S/C17H20N2O3/c1-17(13-5-3-2-4-6-13)9-12(10-17)14(18-22)11-19-15(20)7-8-16(19)21/h2-8,12,14,20-21H,9-11H2,1H3. The summed E-state index contributed by atoms with van der Waals surface area (Å²) in [6.07, 6.45) is 1.77. The minimum absolute atomic E-state index is 0.0451. The summed E-state index contributed by atoms with van der Waals surface area (Å²) in [7, 11) is 0. The van der Waals surface area contributed by atoms with Crippen LogP contribution in [0.25, 0.3) is 0 Å². The van der Waals surface area contributed by atoms with Gasteiger partial charge in [-0.1, -0.05) is 42.4 Å². The maximum atomic E-state index is 11.2. The first-order valence-electron chi connectivity index (χ1n) is 7.49. The lowest BCUT2D eigenvalue weighted by atomic mass is 9.58. The molecule has 0 bridgehead atoms. The Balaban J connectivity index is 1.69. The van der Waals surface area contributed by atoms with E-state index in [1.165, 1.54) is 22.3 Å².